The monoisotopic (exact) mass is 312 g/mol. The predicted octanol–water partition coefficient (Wildman–Crippen LogP) is 2.94. The van der Waals surface area contributed by atoms with Crippen LogP contribution in [0.4, 0.5) is 5.69 Å². The van der Waals surface area contributed by atoms with E-state index >= 15 is 0 Å². The molecule has 1 amide bonds. The van der Waals surface area contributed by atoms with Crippen LogP contribution in [0.15, 0.2) is 23.1 Å². The van der Waals surface area contributed by atoms with Gasteiger partial charge in [0, 0.05) is 12.1 Å². The van der Waals surface area contributed by atoms with E-state index in [4.69, 9.17) is 5.14 Å². The first-order chi connectivity index (χ1) is 9.84. The molecule has 1 rings (SSSR count). The molecule has 21 heavy (non-hydrogen) atoms. The van der Waals surface area contributed by atoms with Crippen molar-refractivity contribution in [1.29, 1.82) is 0 Å². The van der Waals surface area contributed by atoms with E-state index in [9.17, 15) is 13.2 Å². The highest BCUT2D eigenvalue weighted by Crippen LogP contribution is 2.19. The maximum absolute atomic E-state index is 11.8. The molecule has 3 N–H and O–H groups in total. The molecule has 0 unspecified atom stereocenters. The third-order valence-corrected chi connectivity index (χ3v) is 4.22. The number of benzene rings is 1. The summed E-state index contributed by atoms with van der Waals surface area (Å²) in [5.41, 5.74) is 1.31. The van der Waals surface area contributed by atoms with Gasteiger partial charge in [0.15, 0.2) is 0 Å². The zero-order valence-electron chi connectivity index (χ0n) is 12.7. The second-order valence-electron chi connectivity index (χ2n) is 5.23. The number of anilines is 1. The first-order valence-corrected chi connectivity index (χ1v) is 8.82. The summed E-state index contributed by atoms with van der Waals surface area (Å²) in [4.78, 5) is 11.9. The molecule has 0 bridgehead atoms. The van der Waals surface area contributed by atoms with Gasteiger partial charge in [0.2, 0.25) is 15.9 Å². The summed E-state index contributed by atoms with van der Waals surface area (Å²) in [5.74, 6) is -0.0436. The van der Waals surface area contributed by atoms with Crippen LogP contribution in [0.25, 0.3) is 0 Å². The van der Waals surface area contributed by atoms with Crippen molar-refractivity contribution in [3.63, 3.8) is 0 Å². The maximum Gasteiger partial charge on any atom is 0.238 e. The van der Waals surface area contributed by atoms with Gasteiger partial charge in [-0.15, -0.1) is 0 Å². The molecule has 0 fully saturated rings. The van der Waals surface area contributed by atoms with Gasteiger partial charge in [0.25, 0.3) is 0 Å². The number of rotatable bonds is 8. The van der Waals surface area contributed by atoms with Crippen molar-refractivity contribution in [2.75, 3.05) is 5.32 Å². The predicted molar refractivity (Wildman–Crippen MR) is 84.6 cm³/mol. The van der Waals surface area contributed by atoms with Crippen molar-refractivity contribution in [3.8, 4) is 0 Å². The van der Waals surface area contributed by atoms with Gasteiger partial charge in [-0.25, -0.2) is 13.6 Å². The summed E-state index contributed by atoms with van der Waals surface area (Å²) in [6, 6.07) is 4.44. The molecule has 0 aliphatic carbocycles. The lowest BCUT2D eigenvalue weighted by atomic mass is 10.1. The molecule has 0 heterocycles. The minimum Gasteiger partial charge on any atom is -0.326 e. The second-order valence-corrected chi connectivity index (χ2v) is 6.80. The fourth-order valence-corrected chi connectivity index (χ4v) is 2.65. The fraction of sp³-hybridized carbons (Fsp3) is 0.533. The number of carbonyl (C=O) groups excluding carboxylic acids is 1. The van der Waals surface area contributed by atoms with Gasteiger partial charge in [0.05, 0.1) is 4.90 Å². The molecule has 0 saturated heterocycles. The molecule has 6 heteroatoms. The Morgan fingerprint density at radius 1 is 1.19 bits per heavy atom. The van der Waals surface area contributed by atoms with Gasteiger partial charge in [-0.3, -0.25) is 4.79 Å². The second kappa shape index (κ2) is 8.14. The number of carbonyl (C=O) groups is 1. The molecule has 0 radical (unpaired) electrons. The minimum absolute atomic E-state index is 0.0436. The number of unbranched alkanes of at least 4 members (excludes halogenated alkanes) is 4. The zero-order valence-corrected chi connectivity index (χ0v) is 13.5. The van der Waals surface area contributed by atoms with Gasteiger partial charge >= 0.3 is 0 Å². The van der Waals surface area contributed by atoms with Crippen molar-refractivity contribution in [2.24, 2.45) is 5.14 Å². The summed E-state index contributed by atoms with van der Waals surface area (Å²) in [6.45, 7) is 3.90. The average Bonchev–Trinajstić information content (AvgIpc) is 2.39. The third-order valence-electron chi connectivity index (χ3n) is 3.31. The van der Waals surface area contributed by atoms with E-state index in [2.05, 4.69) is 12.2 Å². The molecule has 5 nitrogen and oxygen atoms in total. The van der Waals surface area contributed by atoms with Crippen LogP contribution in [0.3, 0.4) is 0 Å². The number of nitrogens with one attached hydrogen (secondary N) is 1. The van der Waals surface area contributed by atoms with Gasteiger partial charge in [-0.1, -0.05) is 32.6 Å². The quantitative estimate of drug-likeness (QED) is 0.723. The highest BCUT2D eigenvalue weighted by molar-refractivity contribution is 7.89. The molecule has 0 aliphatic rings. The van der Waals surface area contributed by atoms with Crippen molar-refractivity contribution in [1.82, 2.24) is 0 Å². The molecular formula is C15H24N2O3S. The number of sulfonamides is 1. The van der Waals surface area contributed by atoms with Crippen molar-refractivity contribution in [3.05, 3.63) is 23.8 Å². The van der Waals surface area contributed by atoms with E-state index in [1.54, 1.807) is 13.0 Å². The van der Waals surface area contributed by atoms with Crippen LogP contribution in [0, 0.1) is 6.92 Å². The van der Waals surface area contributed by atoms with Gasteiger partial charge in [0.1, 0.15) is 0 Å². The van der Waals surface area contributed by atoms with E-state index in [1.165, 1.54) is 25.0 Å². The van der Waals surface area contributed by atoms with E-state index in [0.717, 1.165) is 19.3 Å². The summed E-state index contributed by atoms with van der Waals surface area (Å²) in [5, 5.41) is 7.87. The number of nitrogens with two attached hydrogens (primary N) is 1. The lowest BCUT2D eigenvalue weighted by Crippen LogP contribution is -2.14. The van der Waals surface area contributed by atoms with E-state index in [1.807, 2.05) is 0 Å². The lowest BCUT2D eigenvalue weighted by molar-refractivity contribution is -0.116. The van der Waals surface area contributed by atoms with Crippen molar-refractivity contribution < 1.29 is 13.2 Å². The largest absolute Gasteiger partial charge is 0.326 e. The SMILES string of the molecule is CCCCCCCC(=O)Nc1ccc(S(N)(=O)=O)cc1C. The molecule has 0 aliphatic heterocycles. The van der Waals surface area contributed by atoms with E-state index in [-0.39, 0.29) is 10.8 Å². The Morgan fingerprint density at radius 2 is 1.86 bits per heavy atom. The molecule has 118 valence electrons. The Balaban J connectivity index is 2.53. The highest BCUT2D eigenvalue weighted by atomic mass is 32.2. The number of primary sulfonamides is 1. The number of aryl methyl sites for hydroxylation is 1. The Hall–Kier alpha value is -1.40. The van der Waals surface area contributed by atoms with Crippen LogP contribution >= 0.6 is 0 Å². The normalized spacial score (nSPS) is 11.4. The molecule has 1 aromatic rings. The van der Waals surface area contributed by atoms with Gasteiger partial charge in [-0.05, 0) is 37.1 Å². The fourth-order valence-electron chi connectivity index (χ4n) is 2.06. The smallest absolute Gasteiger partial charge is 0.238 e. The molecule has 0 atom stereocenters. The molecule has 0 saturated carbocycles. The Bertz CT molecular complexity index is 583. The Labute approximate surface area is 127 Å². The molecule has 0 aromatic heterocycles. The Kier molecular flexibility index (Phi) is 6.84. The standard InChI is InChI=1S/C15H24N2O3S/c1-3-4-5-6-7-8-15(18)17-14-10-9-13(11-12(14)2)21(16,19)20/h9-11H,3-8H2,1-2H3,(H,17,18)(H2,16,19,20). The number of hydrogen-bond acceptors (Lipinski definition) is 3. The van der Waals surface area contributed by atoms with E-state index < -0.39 is 10.0 Å². The Morgan fingerprint density at radius 3 is 2.43 bits per heavy atom. The first-order valence-electron chi connectivity index (χ1n) is 7.28. The topological polar surface area (TPSA) is 89.3 Å². The third kappa shape index (κ3) is 6.27. The van der Waals surface area contributed by atoms with Gasteiger partial charge < -0.3 is 5.32 Å². The summed E-state index contributed by atoms with van der Waals surface area (Å²) >= 11 is 0. The average molecular weight is 312 g/mol. The molecular weight excluding hydrogens is 288 g/mol. The first kappa shape index (κ1) is 17.7. The van der Waals surface area contributed by atoms with Crippen LogP contribution in [0.2, 0.25) is 0 Å². The highest BCUT2D eigenvalue weighted by Gasteiger charge is 2.10. The number of amides is 1. The molecule has 1 aromatic carbocycles. The summed E-state index contributed by atoms with van der Waals surface area (Å²) in [7, 11) is -3.71. The van der Waals surface area contributed by atoms with Crippen LogP contribution in [-0.4, -0.2) is 14.3 Å². The van der Waals surface area contributed by atoms with E-state index in [0.29, 0.717) is 17.7 Å². The zero-order chi connectivity index (χ0) is 15.9. The van der Waals surface area contributed by atoms with Crippen molar-refractivity contribution in [2.45, 2.75) is 57.3 Å². The summed E-state index contributed by atoms with van der Waals surface area (Å²) < 4.78 is 22.5. The van der Waals surface area contributed by atoms with Crippen LogP contribution < -0.4 is 10.5 Å². The maximum atomic E-state index is 11.8. The van der Waals surface area contributed by atoms with Crippen molar-refractivity contribution >= 4 is 21.6 Å². The molecule has 0 spiro atoms. The van der Waals surface area contributed by atoms with Crippen LogP contribution in [-0.2, 0) is 14.8 Å². The number of hydrogen-bond donors (Lipinski definition) is 2. The van der Waals surface area contributed by atoms with Crippen LogP contribution in [0.5, 0.6) is 0 Å². The summed E-state index contributed by atoms with van der Waals surface area (Å²) in [6.07, 6.45) is 5.97. The van der Waals surface area contributed by atoms with Gasteiger partial charge in [-0.2, -0.15) is 0 Å². The van der Waals surface area contributed by atoms with Crippen LogP contribution in [0.1, 0.15) is 51.0 Å². The minimum atomic E-state index is -3.71. The lowest BCUT2D eigenvalue weighted by Gasteiger charge is -2.09.